The van der Waals surface area contributed by atoms with Crippen LogP contribution in [0.4, 0.5) is 0 Å². The van der Waals surface area contributed by atoms with E-state index in [0.717, 1.165) is 0 Å². The molecule has 0 atom stereocenters. The smallest absolute Gasteiger partial charge is 0.331 e. The van der Waals surface area contributed by atoms with E-state index in [1.54, 1.807) is 31.2 Å². The van der Waals surface area contributed by atoms with Crippen LogP contribution in [-0.2, 0) is 10.0 Å². The normalized spacial score (nSPS) is 12.1. The first-order valence-corrected chi connectivity index (χ1v) is 5.97. The van der Waals surface area contributed by atoms with Crippen LogP contribution in [0.2, 0.25) is 0 Å². The van der Waals surface area contributed by atoms with Crippen LogP contribution >= 0.6 is 0 Å². The summed E-state index contributed by atoms with van der Waals surface area (Å²) in [5.74, 6) is 0. The van der Waals surface area contributed by atoms with Crippen molar-refractivity contribution >= 4 is 21.1 Å². The molecule has 6 heteroatoms. The summed E-state index contributed by atoms with van der Waals surface area (Å²) >= 11 is 0. The van der Waals surface area contributed by atoms with E-state index in [2.05, 4.69) is 9.71 Å². The van der Waals surface area contributed by atoms with E-state index in [1.807, 2.05) is 0 Å². The lowest BCUT2D eigenvalue weighted by Crippen LogP contribution is -2.23. The molecule has 80 valence electrons. The van der Waals surface area contributed by atoms with Crippen molar-refractivity contribution in [3.05, 3.63) is 24.3 Å². The largest absolute Gasteiger partial charge is 0.427 e. The van der Waals surface area contributed by atoms with Gasteiger partial charge in [0.25, 0.3) is 10.0 Å². The molecule has 0 radical (unpaired) electrons. The van der Waals surface area contributed by atoms with Crippen molar-refractivity contribution < 1.29 is 12.8 Å². The Morgan fingerprint density at radius 3 is 2.80 bits per heavy atom. The van der Waals surface area contributed by atoms with Gasteiger partial charge in [-0.05, 0) is 12.1 Å². The highest BCUT2D eigenvalue weighted by Crippen LogP contribution is 2.17. The zero-order valence-electron chi connectivity index (χ0n) is 8.10. The lowest BCUT2D eigenvalue weighted by Gasteiger charge is -1.96. The van der Waals surface area contributed by atoms with Gasteiger partial charge in [-0.25, -0.2) is 13.1 Å². The van der Waals surface area contributed by atoms with Crippen molar-refractivity contribution in [3.63, 3.8) is 0 Å². The Labute approximate surface area is 87.2 Å². The topological polar surface area (TPSA) is 72.2 Å². The highest BCUT2D eigenvalue weighted by atomic mass is 32.2. The molecule has 5 nitrogen and oxygen atoms in total. The number of fused-ring (bicyclic) bond motifs is 1. The number of rotatable bonds is 3. The average Bonchev–Trinajstić information content (AvgIpc) is 2.61. The van der Waals surface area contributed by atoms with E-state index in [9.17, 15) is 8.42 Å². The summed E-state index contributed by atoms with van der Waals surface area (Å²) in [6.45, 7) is 2.00. The van der Waals surface area contributed by atoms with Crippen LogP contribution in [0, 0.1) is 0 Å². The number of para-hydroxylation sites is 2. The van der Waals surface area contributed by atoms with Crippen molar-refractivity contribution in [1.29, 1.82) is 0 Å². The van der Waals surface area contributed by atoms with Crippen LogP contribution < -0.4 is 4.72 Å². The molecule has 15 heavy (non-hydrogen) atoms. The van der Waals surface area contributed by atoms with Gasteiger partial charge in [0.2, 0.25) is 0 Å². The SMILES string of the molecule is CCNS(=O)(=O)c1nc2ccccc2o1. The molecule has 1 aromatic heterocycles. The Balaban J connectivity index is 2.54. The minimum atomic E-state index is -3.60. The van der Waals surface area contributed by atoms with Gasteiger partial charge >= 0.3 is 5.22 Å². The van der Waals surface area contributed by atoms with E-state index >= 15 is 0 Å². The van der Waals surface area contributed by atoms with E-state index in [1.165, 1.54) is 0 Å². The third kappa shape index (κ3) is 1.86. The van der Waals surface area contributed by atoms with Gasteiger partial charge in [-0.15, -0.1) is 0 Å². The summed E-state index contributed by atoms with van der Waals surface area (Å²) in [5, 5.41) is -0.287. The quantitative estimate of drug-likeness (QED) is 0.851. The summed E-state index contributed by atoms with van der Waals surface area (Å²) in [6, 6.07) is 6.91. The van der Waals surface area contributed by atoms with Crippen LogP contribution in [0.15, 0.2) is 33.9 Å². The Morgan fingerprint density at radius 1 is 1.40 bits per heavy atom. The van der Waals surface area contributed by atoms with Crippen molar-refractivity contribution in [3.8, 4) is 0 Å². The molecular formula is C9H10N2O3S. The molecular weight excluding hydrogens is 216 g/mol. The summed E-state index contributed by atoms with van der Waals surface area (Å²) in [4.78, 5) is 3.89. The number of nitrogens with zero attached hydrogens (tertiary/aromatic N) is 1. The van der Waals surface area contributed by atoms with Crippen molar-refractivity contribution in [1.82, 2.24) is 9.71 Å². The maximum absolute atomic E-state index is 11.5. The molecule has 1 N–H and O–H groups in total. The highest BCUT2D eigenvalue weighted by Gasteiger charge is 2.19. The minimum Gasteiger partial charge on any atom is -0.427 e. The van der Waals surface area contributed by atoms with Crippen LogP contribution in [-0.4, -0.2) is 19.9 Å². The summed E-state index contributed by atoms with van der Waals surface area (Å²) in [5.41, 5.74) is 1.00. The molecule has 0 bridgehead atoms. The third-order valence-electron chi connectivity index (χ3n) is 1.84. The molecule has 0 saturated heterocycles. The van der Waals surface area contributed by atoms with Gasteiger partial charge in [-0.3, -0.25) is 0 Å². The Bertz CT molecular complexity index is 541. The number of aromatic nitrogens is 1. The molecule has 0 aliphatic rings. The summed E-state index contributed by atoms with van der Waals surface area (Å²) < 4.78 is 30.5. The molecule has 0 saturated carbocycles. The maximum Gasteiger partial charge on any atom is 0.331 e. The third-order valence-corrected chi connectivity index (χ3v) is 3.14. The first kappa shape index (κ1) is 10.1. The van der Waals surface area contributed by atoms with Crippen molar-refractivity contribution in [2.75, 3.05) is 6.54 Å². The predicted molar refractivity (Wildman–Crippen MR) is 54.9 cm³/mol. The van der Waals surface area contributed by atoms with Crippen LogP contribution in [0.1, 0.15) is 6.92 Å². The van der Waals surface area contributed by atoms with E-state index < -0.39 is 10.0 Å². The molecule has 1 aromatic carbocycles. The van der Waals surface area contributed by atoms with Gasteiger partial charge < -0.3 is 4.42 Å². The fourth-order valence-corrected chi connectivity index (χ4v) is 2.14. The molecule has 0 fully saturated rings. The minimum absolute atomic E-state index is 0.287. The fourth-order valence-electron chi connectivity index (χ4n) is 1.22. The first-order valence-electron chi connectivity index (χ1n) is 4.49. The fraction of sp³-hybridized carbons (Fsp3) is 0.222. The van der Waals surface area contributed by atoms with Crippen LogP contribution in [0.3, 0.4) is 0 Å². The zero-order chi connectivity index (χ0) is 10.9. The standard InChI is InChI=1S/C9H10N2O3S/c1-2-10-15(12,13)9-11-7-5-3-4-6-8(7)14-9/h3-6,10H,2H2,1H3. The van der Waals surface area contributed by atoms with Gasteiger partial charge in [0.1, 0.15) is 5.52 Å². The second-order valence-corrected chi connectivity index (χ2v) is 4.59. The summed E-state index contributed by atoms with van der Waals surface area (Å²) in [6.07, 6.45) is 0. The van der Waals surface area contributed by atoms with E-state index in [-0.39, 0.29) is 5.22 Å². The Hall–Kier alpha value is -1.40. The number of benzene rings is 1. The lowest BCUT2D eigenvalue weighted by molar-refractivity contribution is 0.453. The van der Waals surface area contributed by atoms with Gasteiger partial charge in [0.15, 0.2) is 5.58 Å². The summed E-state index contributed by atoms with van der Waals surface area (Å²) in [7, 11) is -3.60. The second-order valence-electron chi connectivity index (χ2n) is 2.95. The van der Waals surface area contributed by atoms with Crippen molar-refractivity contribution in [2.24, 2.45) is 0 Å². The molecule has 2 aromatic rings. The zero-order valence-corrected chi connectivity index (χ0v) is 8.91. The van der Waals surface area contributed by atoms with Crippen LogP contribution in [0.5, 0.6) is 0 Å². The van der Waals surface area contributed by atoms with Gasteiger partial charge in [-0.2, -0.15) is 4.98 Å². The Kier molecular flexibility index (Phi) is 2.45. The molecule has 0 aliphatic carbocycles. The molecule has 2 rings (SSSR count). The highest BCUT2D eigenvalue weighted by molar-refractivity contribution is 7.89. The number of nitrogens with one attached hydrogen (secondary N) is 1. The maximum atomic E-state index is 11.5. The molecule has 0 amide bonds. The first-order chi connectivity index (χ1) is 7.13. The van der Waals surface area contributed by atoms with Gasteiger partial charge in [-0.1, -0.05) is 19.1 Å². The van der Waals surface area contributed by atoms with E-state index in [4.69, 9.17) is 4.42 Å². The molecule has 1 heterocycles. The number of hydrogen-bond donors (Lipinski definition) is 1. The lowest BCUT2D eigenvalue weighted by atomic mass is 10.3. The monoisotopic (exact) mass is 226 g/mol. The average molecular weight is 226 g/mol. The molecule has 0 unspecified atom stereocenters. The van der Waals surface area contributed by atoms with Gasteiger partial charge in [0, 0.05) is 6.54 Å². The Morgan fingerprint density at radius 2 is 2.13 bits per heavy atom. The number of sulfonamides is 1. The number of oxazole rings is 1. The number of hydrogen-bond acceptors (Lipinski definition) is 4. The van der Waals surface area contributed by atoms with E-state index in [0.29, 0.717) is 17.6 Å². The predicted octanol–water partition coefficient (Wildman–Crippen LogP) is 1.13. The van der Waals surface area contributed by atoms with Crippen LogP contribution in [0.25, 0.3) is 11.1 Å². The molecule has 0 aliphatic heterocycles. The second kappa shape index (κ2) is 3.63. The molecule has 0 spiro atoms. The van der Waals surface area contributed by atoms with Gasteiger partial charge in [0.05, 0.1) is 0 Å². The van der Waals surface area contributed by atoms with Crippen molar-refractivity contribution in [2.45, 2.75) is 12.1 Å².